The summed E-state index contributed by atoms with van der Waals surface area (Å²) in [7, 11) is 0. The molecular weight excluding hydrogens is 426 g/mol. The van der Waals surface area contributed by atoms with Crippen LogP contribution in [0.5, 0.6) is 0 Å². The fourth-order valence-corrected chi connectivity index (χ4v) is 5.53. The third-order valence-corrected chi connectivity index (χ3v) is 7.72. The number of amides is 2. The number of hydrogen-bond donors (Lipinski definition) is 1. The van der Waals surface area contributed by atoms with Crippen molar-refractivity contribution >= 4 is 40.2 Å². The van der Waals surface area contributed by atoms with Gasteiger partial charge in [0.15, 0.2) is 5.58 Å². The van der Waals surface area contributed by atoms with Gasteiger partial charge in [-0.1, -0.05) is 44.4 Å². The van der Waals surface area contributed by atoms with Crippen LogP contribution in [0.3, 0.4) is 0 Å². The number of nitrogens with one attached hydrogen (secondary N) is 1. The van der Waals surface area contributed by atoms with Crippen LogP contribution in [0.4, 0.5) is 5.69 Å². The Morgan fingerprint density at radius 1 is 1.22 bits per heavy atom. The molecule has 4 atom stereocenters. The standard InChI is InChI=1S/C25H28ClN3O3/c1-15-6-4-9-19(16(15)2)27-24(31)25(3)14-28-20-10-11-32-22(20)13-21(28)23(30)29(25)18-8-5-7-17(26)12-18/h5,7-8,10-13,15-16,19H,4,6,9,14H2,1-3H3,(H,27,31)/t15?,16?,19-,25?/m1/s1. The zero-order valence-corrected chi connectivity index (χ0v) is 19.4. The van der Waals surface area contributed by atoms with Crippen molar-refractivity contribution in [2.75, 3.05) is 4.90 Å². The van der Waals surface area contributed by atoms with Crippen LogP contribution in [0.25, 0.3) is 11.1 Å². The summed E-state index contributed by atoms with van der Waals surface area (Å²) in [4.78, 5) is 29.2. The number of carbonyl (C=O) groups excluding carboxylic acids is 2. The maximum atomic E-state index is 13.9. The molecule has 168 valence electrons. The van der Waals surface area contributed by atoms with Crippen molar-refractivity contribution < 1.29 is 14.0 Å². The number of carbonyl (C=O) groups is 2. The smallest absolute Gasteiger partial charge is 0.276 e. The molecule has 0 saturated heterocycles. The van der Waals surface area contributed by atoms with Gasteiger partial charge in [0, 0.05) is 28.9 Å². The number of aromatic nitrogens is 1. The molecule has 6 nitrogen and oxygen atoms in total. The highest BCUT2D eigenvalue weighted by atomic mass is 35.5. The van der Waals surface area contributed by atoms with E-state index in [0.29, 0.717) is 40.4 Å². The predicted molar refractivity (Wildman–Crippen MR) is 125 cm³/mol. The SMILES string of the molecule is CC1CCC[C@@H](NC(=O)C2(C)Cn3c(cc4occc43)C(=O)N2c2cccc(Cl)c2)C1C. The number of rotatable bonds is 3. The Labute approximate surface area is 192 Å². The first-order chi connectivity index (χ1) is 15.3. The first-order valence-corrected chi connectivity index (χ1v) is 11.7. The van der Waals surface area contributed by atoms with Crippen molar-refractivity contribution in [1.29, 1.82) is 0 Å². The molecule has 0 spiro atoms. The number of anilines is 1. The van der Waals surface area contributed by atoms with Crippen LogP contribution < -0.4 is 10.2 Å². The molecule has 1 saturated carbocycles. The van der Waals surface area contributed by atoms with Gasteiger partial charge >= 0.3 is 0 Å². The topological polar surface area (TPSA) is 67.5 Å². The summed E-state index contributed by atoms with van der Waals surface area (Å²) >= 11 is 6.26. The van der Waals surface area contributed by atoms with Crippen molar-refractivity contribution in [2.24, 2.45) is 11.8 Å². The summed E-state index contributed by atoms with van der Waals surface area (Å²) < 4.78 is 7.44. The van der Waals surface area contributed by atoms with Crippen molar-refractivity contribution in [3.63, 3.8) is 0 Å². The van der Waals surface area contributed by atoms with Gasteiger partial charge < -0.3 is 14.3 Å². The summed E-state index contributed by atoms with van der Waals surface area (Å²) in [6.45, 7) is 6.62. The van der Waals surface area contributed by atoms with Gasteiger partial charge in [-0.15, -0.1) is 0 Å². The molecule has 3 unspecified atom stereocenters. The van der Waals surface area contributed by atoms with E-state index in [2.05, 4.69) is 19.2 Å². The minimum Gasteiger partial charge on any atom is -0.463 e. The highest BCUT2D eigenvalue weighted by Crippen LogP contribution is 2.38. The molecule has 1 aliphatic carbocycles. The van der Waals surface area contributed by atoms with Crippen LogP contribution in [-0.2, 0) is 11.3 Å². The third-order valence-electron chi connectivity index (χ3n) is 7.48. The molecular formula is C25H28ClN3O3. The molecule has 1 aromatic carbocycles. The quantitative estimate of drug-likeness (QED) is 0.589. The maximum absolute atomic E-state index is 13.9. The average Bonchev–Trinajstić information content (AvgIpc) is 3.34. The minimum atomic E-state index is -1.13. The molecule has 5 rings (SSSR count). The highest BCUT2D eigenvalue weighted by Gasteiger charge is 2.49. The van der Waals surface area contributed by atoms with Gasteiger partial charge in [-0.05, 0) is 43.4 Å². The monoisotopic (exact) mass is 453 g/mol. The van der Waals surface area contributed by atoms with Crippen LogP contribution in [0.2, 0.25) is 5.02 Å². The number of halogens is 1. The Bertz CT molecular complexity index is 1200. The summed E-state index contributed by atoms with van der Waals surface area (Å²) in [5.41, 5.74) is 1.44. The second-order valence-electron chi connectivity index (χ2n) is 9.53. The largest absolute Gasteiger partial charge is 0.463 e. The van der Waals surface area contributed by atoms with Crippen LogP contribution in [-0.4, -0.2) is 28.0 Å². The zero-order valence-electron chi connectivity index (χ0n) is 18.6. The zero-order chi connectivity index (χ0) is 22.6. The fourth-order valence-electron chi connectivity index (χ4n) is 5.34. The van der Waals surface area contributed by atoms with Crippen molar-refractivity contribution in [3.8, 4) is 0 Å². The van der Waals surface area contributed by atoms with Crippen LogP contribution in [0.15, 0.2) is 47.1 Å². The van der Waals surface area contributed by atoms with E-state index in [9.17, 15) is 9.59 Å². The lowest BCUT2D eigenvalue weighted by atomic mass is 9.77. The van der Waals surface area contributed by atoms with Crippen LogP contribution in [0, 0.1) is 11.8 Å². The number of fused-ring (bicyclic) bond motifs is 3. The lowest BCUT2D eigenvalue weighted by Gasteiger charge is -2.45. The molecule has 1 aliphatic heterocycles. The molecule has 7 heteroatoms. The van der Waals surface area contributed by atoms with E-state index in [4.69, 9.17) is 16.0 Å². The third kappa shape index (κ3) is 3.24. The Hall–Kier alpha value is -2.73. The van der Waals surface area contributed by atoms with Crippen molar-refractivity contribution in [2.45, 2.75) is 58.2 Å². The van der Waals surface area contributed by atoms with E-state index >= 15 is 0 Å². The second kappa shape index (κ2) is 7.69. The first kappa shape index (κ1) is 21.1. The van der Waals surface area contributed by atoms with E-state index in [-0.39, 0.29) is 17.9 Å². The van der Waals surface area contributed by atoms with Gasteiger partial charge in [0.25, 0.3) is 5.91 Å². The van der Waals surface area contributed by atoms with E-state index in [1.165, 1.54) is 6.42 Å². The summed E-state index contributed by atoms with van der Waals surface area (Å²) in [6.07, 6.45) is 4.85. The number of hydrogen-bond acceptors (Lipinski definition) is 3. The van der Waals surface area contributed by atoms with Crippen LogP contribution in [0.1, 0.15) is 50.5 Å². The van der Waals surface area contributed by atoms with E-state index in [0.717, 1.165) is 18.4 Å². The molecule has 2 amide bonds. The maximum Gasteiger partial charge on any atom is 0.276 e. The first-order valence-electron chi connectivity index (χ1n) is 11.3. The fraction of sp³-hybridized carbons (Fsp3) is 0.440. The molecule has 0 bridgehead atoms. The summed E-state index contributed by atoms with van der Waals surface area (Å²) in [6, 6.07) is 10.8. The highest BCUT2D eigenvalue weighted by molar-refractivity contribution is 6.31. The van der Waals surface area contributed by atoms with E-state index < -0.39 is 5.54 Å². The summed E-state index contributed by atoms with van der Waals surface area (Å²) in [5.74, 6) is 0.554. The molecule has 0 radical (unpaired) electrons. The molecule has 2 aliphatic rings. The Morgan fingerprint density at radius 2 is 2.03 bits per heavy atom. The Morgan fingerprint density at radius 3 is 2.81 bits per heavy atom. The van der Waals surface area contributed by atoms with E-state index in [1.54, 1.807) is 35.4 Å². The van der Waals surface area contributed by atoms with Gasteiger partial charge in [0.1, 0.15) is 11.2 Å². The molecule has 3 aromatic rings. The Balaban J connectivity index is 1.58. The van der Waals surface area contributed by atoms with Gasteiger partial charge in [0.2, 0.25) is 5.91 Å². The van der Waals surface area contributed by atoms with Gasteiger partial charge in [0.05, 0.1) is 18.3 Å². The molecule has 32 heavy (non-hydrogen) atoms. The van der Waals surface area contributed by atoms with Gasteiger partial charge in [-0.25, -0.2) is 0 Å². The number of furan rings is 1. The molecule has 1 N–H and O–H groups in total. The van der Waals surface area contributed by atoms with E-state index in [1.807, 2.05) is 23.6 Å². The molecule has 3 heterocycles. The van der Waals surface area contributed by atoms with Crippen molar-refractivity contribution in [3.05, 3.63) is 53.4 Å². The van der Waals surface area contributed by atoms with Gasteiger partial charge in [-0.2, -0.15) is 0 Å². The molecule has 1 fully saturated rings. The lowest BCUT2D eigenvalue weighted by molar-refractivity contribution is -0.128. The summed E-state index contributed by atoms with van der Waals surface area (Å²) in [5, 5.41) is 3.82. The second-order valence-corrected chi connectivity index (χ2v) is 9.96. The normalized spacial score (nSPS) is 28.1. The molecule has 2 aromatic heterocycles. The minimum absolute atomic E-state index is 0.0967. The lowest BCUT2D eigenvalue weighted by Crippen LogP contribution is -2.66. The number of benzene rings is 1. The van der Waals surface area contributed by atoms with Crippen LogP contribution >= 0.6 is 11.6 Å². The van der Waals surface area contributed by atoms with Gasteiger partial charge in [-0.3, -0.25) is 14.5 Å². The predicted octanol–water partition coefficient (Wildman–Crippen LogP) is 5.25. The average molecular weight is 454 g/mol. The Kier molecular flexibility index (Phi) is 5.08. The number of nitrogens with zero attached hydrogens (tertiary/aromatic N) is 2. The van der Waals surface area contributed by atoms with Crippen molar-refractivity contribution in [1.82, 2.24) is 9.88 Å².